The Morgan fingerprint density at radius 1 is 1.13 bits per heavy atom. The van der Waals surface area contributed by atoms with E-state index in [-0.39, 0.29) is 25.0 Å². The van der Waals surface area contributed by atoms with E-state index in [1.807, 2.05) is 44.2 Å². The molecule has 1 fully saturated rings. The van der Waals surface area contributed by atoms with Crippen molar-refractivity contribution >= 4 is 23.8 Å². The zero-order valence-electron chi connectivity index (χ0n) is 17.8. The molecule has 0 spiro atoms. The van der Waals surface area contributed by atoms with Gasteiger partial charge in [-0.1, -0.05) is 50.6 Å². The number of likely N-dealkylation sites (tertiary alicyclic amines) is 1. The molecule has 2 rings (SSSR count). The first-order valence-electron chi connectivity index (χ1n) is 10.4. The predicted octanol–water partition coefficient (Wildman–Crippen LogP) is 2.45. The molecule has 30 heavy (non-hydrogen) atoms. The Bertz CT molecular complexity index is 751. The number of ether oxygens (including phenoxy) is 2. The van der Waals surface area contributed by atoms with Crippen molar-refractivity contribution in [3.63, 3.8) is 0 Å². The van der Waals surface area contributed by atoms with Gasteiger partial charge in [-0.15, -0.1) is 0 Å². The molecule has 0 aliphatic carbocycles. The van der Waals surface area contributed by atoms with E-state index in [0.717, 1.165) is 5.56 Å². The lowest BCUT2D eigenvalue weighted by molar-refractivity contribution is -0.156. The van der Waals surface area contributed by atoms with E-state index in [2.05, 4.69) is 5.32 Å². The van der Waals surface area contributed by atoms with E-state index in [1.165, 1.54) is 4.90 Å². The van der Waals surface area contributed by atoms with Crippen LogP contribution in [0.1, 0.15) is 45.6 Å². The lowest BCUT2D eigenvalue weighted by Crippen LogP contribution is -2.55. The summed E-state index contributed by atoms with van der Waals surface area (Å²) in [5, 5.41) is 2.65. The number of Topliss-reactive ketones (excluding diaryl/α,β-unsaturated/α-hetero) is 1. The smallest absolute Gasteiger partial charge is 0.408 e. The Balaban J connectivity index is 2.05. The van der Waals surface area contributed by atoms with E-state index in [1.54, 1.807) is 6.92 Å². The number of esters is 1. The molecule has 1 saturated heterocycles. The number of nitrogens with one attached hydrogen (secondary N) is 1. The molecule has 1 unspecified atom stereocenters. The fourth-order valence-electron chi connectivity index (χ4n) is 3.39. The standard InChI is InChI=1S/C22H30N2O6/c1-4-15(3)18(23-22(28)30-14-16-10-7-6-8-11-16)20(26)24-13-9-12-17(24)19(25)21(27)29-5-2/h6-8,10-11,15,17-18H,4-5,9,12-14H2,1-3H3,(H,23,28)/t15-,17?,18-/m0/s1. The molecule has 164 valence electrons. The number of carbonyl (C=O) groups is 4. The summed E-state index contributed by atoms with van der Waals surface area (Å²) < 4.78 is 10.0. The van der Waals surface area contributed by atoms with Crippen molar-refractivity contribution in [3.8, 4) is 0 Å². The molecule has 3 atom stereocenters. The Morgan fingerprint density at radius 3 is 2.47 bits per heavy atom. The van der Waals surface area contributed by atoms with Gasteiger partial charge in [-0.05, 0) is 31.2 Å². The van der Waals surface area contributed by atoms with Gasteiger partial charge in [0.15, 0.2) is 0 Å². The molecular formula is C22H30N2O6. The Morgan fingerprint density at radius 2 is 1.83 bits per heavy atom. The molecule has 1 N–H and O–H groups in total. The minimum atomic E-state index is -0.933. The van der Waals surface area contributed by atoms with Crippen LogP contribution in [0.3, 0.4) is 0 Å². The average Bonchev–Trinajstić information content (AvgIpc) is 3.25. The highest BCUT2D eigenvalue weighted by Gasteiger charge is 2.41. The summed E-state index contributed by atoms with van der Waals surface area (Å²) in [7, 11) is 0. The predicted molar refractivity (Wildman–Crippen MR) is 109 cm³/mol. The second-order valence-corrected chi connectivity index (χ2v) is 7.34. The number of rotatable bonds is 9. The molecule has 1 aliphatic heterocycles. The van der Waals surface area contributed by atoms with Gasteiger partial charge in [-0.2, -0.15) is 0 Å². The van der Waals surface area contributed by atoms with Gasteiger partial charge >= 0.3 is 12.1 Å². The second-order valence-electron chi connectivity index (χ2n) is 7.34. The first-order chi connectivity index (χ1) is 14.4. The molecule has 0 saturated carbocycles. The molecule has 1 heterocycles. The van der Waals surface area contributed by atoms with Crippen molar-refractivity contribution in [3.05, 3.63) is 35.9 Å². The molecule has 0 bridgehead atoms. The maximum Gasteiger partial charge on any atom is 0.408 e. The number of carbonyl (C=O) groups excluding carboxylic acids is 4. The molecule has 1 aromatic carbocycles. The van der Waals surface area contributed by atoms with Crippen molar-refractivity contribution < 1.29 is 28.7 Å². The number of alkyl carbamates (subject to hydrolysis) is 1. The van der Waals surface area contributed by atoms with Crippen LogP contribution in [0.2, 0.25) is 0 Å². The van der Waals surface area contributed by atoms with Crippen LogP contribution in [0.15, 0.2) is 30.3 Å². The highest BCUT2D eigenvalue weighted by Crippen LogP contribution is 2.22. The zero-order chi connectivity index (χ0) is 22.1. The average molecular weight is 418 g/mol. The summed E-state index contributed by atoms with van der Waals surface area (Å²) in [4.78, 5) is 51.2. The number of benzene rings is 1. The number of nitrogens with zero attached hydrogens (tertiary/aromatic N) is 1. The van der Waals surface area contributed by atoms with E-state index in [4.69, 9.17) is 9.47 Å². The van der Waals surface area contributed by atoms with Crippen LogP contribution in [0.4, 0.5) is 4.79 Å². The minimum Gasteiger partial charge on any atom is -0.460 e. The van der Waals surface area contributed by atoms with Crippen LogP contribution in [0, 0.1) is 5.92 Å². The Kier molecular flexibility index (Phi) is 8.83. The number of ketones is 1. The molecule has 8 nitrogen and oxygen atoms in total. The summed E-state index contributed by atoms with van der Waals surface area (Å²) in [5.41, 5.74) is 0.832. The zero-order valence-corrected chi connectivity index (χ0v) is 17.8. The van der Waals surface area contributed by atoms with Gasteiger partial charge in [0.05, 0.1) is 6.61 Å². The summed E-state index contributed by atoms with van der Waals surface area (Å²) in [6, 6.07) is 7.51. The molecule has 1 aliphatic rings. The quantitative estimate of drug-likeness (QED) is 0.488. The van der Waals surface area contributed by atoms with Crippen molar-refractivity contribution in [2.45, 2.75) is 58.7 Å². The van der Waals surface area contributed by atoms with Crippen LogP contribution in [-0.4, -0.2) is 53.9 Å². The fourth-order valence-corrected chi connectivity index (χ4v) is 3.39. The van der Waals surface area contributed by atoms with Crippen LogP contribution in [0.5, 0.6) is 0 Å². The molecule has 2 amide bonds. The summed E-state index contributed by atoms with van der Waals surface area (Å²) in [6.07, 6.45) is 0.937. The number of amides is 2. The topological polar surface area (TPSA) is 102 Å². The van der Waals surface area contributed by atoms with E-state index in [0.29, 0.717) is 25.8 Å². The fraction of sp³-hybridized carbons (Fsp3) is 0.545. The van der Waals surface area contributed by atoms with Gasteiger partial charge in [0.2, 0.25) is 5.91 Å². The monoisotopic (exact) mass is 418 g/mol. The lowest BCUT2D eigenvalue weighted by atomic mass is 9.97. The Labute approximate surface area is 176 Å². The maximum absolute atomic E-state index is 13.2. The maximum atomic E-state index is 13.2. The highest BCUT2D eigenvalue weighted by atomic mass is 16.5. The van der Waals surface area contributed by atoms with Gasteiger partial charge in [0.1, 0.15) is 18.7 Å². The third kappa shape index (κ3) is 6.05. The molecule has 8 heteroatoms. The van der Waals surface area contributed by atoms with Crippen LogP contribution >= 0.6 is 0 Å². The normalized spacial score (nSPS) is 17.7. The molecule has 1 aromatic rings. The first-order valence-corrected chi connectivity index (χ1v) is 10.4. The van der Waals surface area contributed by atoms with Gasteiger partial charge in [-0.3, -0.25) is 9.59 Å². The van der Waals surface area contributed by atoms with Gasteiger partial charge in [0, 0.05) is 6.54 Å². The van der Waals surface area contributed by atoms with Crippen molar-refractivity contribution in [2.75, 3.05) is 13.2 Å². The SMILES string of the molecule is CCOC(=O)C(=O)C1CCCN1C(=O)[C@@H](NC(=O)OCc1ccccc1)[C@@H](C)CC. The van der Waals surface area contributed by atoms with Crippen molar-refractivity contribution in [1.82, 2.24) is 10.2 Å². The van der Waals surface area contributed by atoms with Crippen molar-refractivity contribution in [2.24, 2.45) is 5.92 Å². The first kappa shape index (κ1) is 23.4. The summed E-state index contributed by atoms with van der Waals surface area (Å²) in [5.74, 6) is -2.23. The molecule has 0 aromatic heterocycles. The highest BCUT2D eigenvalue weighted by molar-refractivity contribution is 6.36. The van der Waals surface area contributed by atoms with E-state index >= 15 is 0 Å². The number of hydrogen-bond donors (Lipinski definition) is 1. The third-order valence-electron chi connectivity index (χ3n) is 5.28. The largest absolute Gasteiger partial charge is 0.460 e. The van der Waals surface area contributed by atoms with Gasteiger partial charge in [-0.25, -0.2) is 9.59 Å². The summed E-state index contributed by atoms with van der Waals surface area (Å²) in [6.45, 7) is 5.90. The summed E-state index contributed by atoms with van der Waals surface area (Å²) >= 11 is 0. The van der Waals surface area contributed by atoms with E-state index in [9.17, 15) is 19.2 Å². The molecular weight excluding hydrogens is 388 g/mol. The Hall–Kier alpha value is -2.90. The third-order valence-corrected chi connectivity index (χ3v) is 5.28. The van der Waals surface area contributed by atoms with E-state index < -0.39 is 29.9 Å². The van der Waals surface area contributed by atoms with Gasteiger partial charge in [0.25, 0.3) is 5.78 Å². The number of hydrogen-bond acceptors (Lipinski definition) is 6. The van der Waals surface area contributed by atoms with Crippen LogP contribution in [-0.2, 0) is 30.5 Å². The molecule has 0 radical (unpaired) electrons. The minimum absolute atomic E-state index is 0.0851. The van der Waals surface area contributed by atoms with Crippen LogP contribution in [0.25, 0.3) is 0 Å². The van der Waals surface area contributed by atoms with Crippen LogP contribution < -0.4 is 5.32 Å². The lowest BCUT2D eigenvalue weighted by Gasteiger charge is -2.30. The van der Waals surface area contributed by atoms with Crippen molar-refractivity contribution in [1.29, 1.82) is 0 Å². The second kappa shape index (κ2) is 11.3. The van der Waals surface area contributed by atoms with Gasteiger partial charge < -0.3 is 19.7 Å².